The molecule has 1 aromatic rings. The van der Waals surface area contributed by atoms with Crippen LogP contribution in [0.2, 0.25) is 0 Å². The molecule has 0 aliphatic heterocycles. The average molecular weight is 396 g/mol. The molecule has 0 aromatic heterocycles. The number of carbonyl (C=O) groups is 1. The van der Waals surface area contributed by atoms with E-state index in [0.717, 1.165) is 6.07 Å². The third-order valence-corrected chi connectivity index (χ3v) is 5.44. The number of ketones is 1. The number of hydrogen-bond acceptors (Lipinski definition) is 3. The van der Waals surface area contributed by atoms with Gasteiger partial charge in [-0.3, -0.25) is 4.79 Å². The van der Waals surface area contributed by atoms with Crippen LogP contribution in [0.3, 0.4) is 0 Å². The van der Waals surface area contributed by atoms with Crippen LogP contribution < -0.4 is 4.72 Å². The quantitative estimate of drug-likeness (QED) is 0.605. The van der Waals surface area contributed by atoms with E-state index in [4.69, 9.17) is 0 Å². The van der Waals surface area contributed by atoms with E-state index < -0.39 is 33.3 Å². The number of hydrogen-bond donors (Lipinski definition) is 1. The topological polar surface area (TPSA) is 52.2 Å². The van der Waals surface area contributed by atoms with E-state index in [9.17, 15) is 18.1 Å². The lowest BCUT2D eigenvalue weighted by atomic mass is 9.88. The number of carbonyl (C=O) groups excluding carboxylic acids is 1. The van der Waals surface area contributed by atoms with Crippen LogP contribution in [0.25, 0.3) is 0 Å². The van der Waals surface area contributed by atoms with E-state index in [0.29, 0.717) is 0 Å². The Bertz CT molecular complexity index is 577. The summed E-state index contributed by atoms with van der Waals surface area (Å²) in [6, 6.07) is 2.03. The van der Waals surface area contributed by atoms with Gasteiger partial charge in [0.05, 0.1) is 10.0 Å². The lowest BCUT2D eigenvalue weighted by molar-refractivity contribution is -0.118. The molecule has 0 aliphatic carbocycles. The second-order valence-electron chi connectivity index (χ2n) is 6.44. The van der Waals surface area contributed by atoms with Gasteiger partial charge in [-0.25, -0.2) is 8.78 Å². The maximum atomic E-state index is 14.2. The van der Waals surface area contributed by atoms with Crippen molar-refractivity contribution in [1.82, 2.24) is 4.72 Å². The number of Topliss-reactive ketones (excluding diaryl/α,β-unsaturated/α-hetero) is 1. The molecule has 0 aliphatic rings. The minimum atomic E-state index is -1.52. The highest BCUT2D eigenvalue weighted by molar-refractivity contribution is 9.10. The Morgan fingerprint density at radius 2 is 1.82 bits per heavy atom. The highest BCUT2D eigenvalue weighted by atomic mass is 79.9. The first-order chi connectivity index (χ1) is 9.86. The molecule has 7 heteroatoms. The summed E-state index contributed by atoms with van der Waals surface area (Å²) in [6.07, 6.45) is -0.0657. The van der Waals surface area contributed by atoms with Gasteiger partial charge in [0.25, 0.3) is 0 Å². The van der Waals surface area contributed by atoms with Crippen molar-refractivity contribution < 1.29 is 18.1 Å². The molecule has 0 bridgehead atoms. The number of nitrogens with one attached hydrogen (secondary N) is 1. The van der Waals surface area contributed by atoms with E-state index in [1.54, 1.807) is 27.7 Å². The molecule has 1 rings (SSSR count). The second kappa shape index (κ2) is 6.95. The van der Waals surface area contributed by atoms with Crippen LogP contribution in [0, 0.1) is 11.6 Å². The highest BCUT2D eigenvalue weighted by Gasteiger charge is 2.40. The van der Waals surface area contributed by atoms with Gasteiger partial charge in [-0.2, -0.15) is 0 Å². The molecule has 0 heterocycles. The lowest BCUT2D eigenvalue weighted by Gasteiger charge is -2.35. The number of rotatable bonds is 5. The molecule has 1 N–H and O–H groups in total. The summed E-state index contributed by atoms with van der Waals surface area (Å²) in [4.78, 5) is 11.6. The summed E-state index contributed by atoms with van der Waals surface area (Å²) in [7, 11) is 0. The molecule has 22 heavy (non-hydrogen) atoms. The molecule has 0 saturated carbocycles. The summed E-state index contributed by atoms with van der Waals surface area (Å²) in [6.45, 7) is 8.25. The van der Waals surface area contributed by atoms with Crippen molar-refractivity contribution in [3.05, 3.63) is 33.8 Å². The van der Waals surface area contributed by atoms with Gasteiger partial charge in [-0.05, 0) is 56.6 Å². The van der Waals surface area contributed by atoms with Gasteiger partial charge in [0.1, 0.15) is 22.2 Å². The van der Waals surface area contributed by atoms with Crippen molar-refractivity contribution in [2.24, 2.45) is 0 Å². The Hall–Kier alpha value is -0.500. The average Bonchev–Trinajstić information content (AvgIpc) is 2.31. The van der Waals surface area contributed by atoms with Gasteiger partial charge in [-0.1, -0.05) is 0 Å². The predicted octanol–water partition coefficient (Wildman–Crippen LogP) is 3.97. The molecule has 0 amide bonds. The SMILES string of the molecule is CC(=O)C[C@](C)(N[S+]([O-])C(C)(C)C)c1cc(Br)c(F)cc1F. The Morgan fingerprint density at radius 3 is 2.27 bits per heavy atom. The van der Waals surface area contributed by atoms with Gasteiger partial charge in [0, 0.05) is 29.4 Å². The minimum Gasteiger partial charge on any atom is -0.598 e. The van der Waals surface area contributed by atoms with Crippen LogP contribution >= 0.6 is 15.9 Å². The lowest BCUT2D eigenvalue weighted by Crippen LogP contribution is -2.51. The Balaban J connectivity index is 3.34. The third kappa shape index (κ3) is 4.75. The fraction of sp³-hybridized carbons (Fsp3) is 0.533. The first kappa shape index (κ1) is 19.5. The summed E-state index contributed by atoms with van der Waals surface area (Å²) in [5.41, 5.74) is -1.11. The first-order valence-corrected chi connectivity index (χ1v) is 8.65. The third-order valence-electron chi connectivity index (χ3n) is 3.08. The maximum Gasteiger partial charge on any atom is 0.140 e. The van der Waals surface area contributed by atoms with Crippen molar-refractivity contribution in [3.63, 3.8) is 0 Å². The van der Waals surface area contributed by atoms with Crippen LogP contribution in [0.5, 0.6) is 0 Å². The Morgan fingerprint density at radius 1 is 1.27 bits per heavy atom. The Labute approximate surface area is 141 Å². The normalized spacial score (nSPS) is 16.2. The number of benzene rings is 1. The summed E-state index contributed by atoms with van der Waals surface area (Å²) in [5, 5.41) is 0. The highest BCUT2D eigenvalue weighted by Crippen LogP contribution is 2.33. The second-order valence-corrected chi connectivity index (χ2v) is 9.26. The molecule has 2 atom stereocenters. The van der Waals surface area contributed by atoms with E-state index in [1.165, 1.54) is 13.0 Å². The zero-order valence-corrected chi connectivity index (χ0v) is 15.6. The van der Waals surface area contributed by atoms with Crippen LogP contribution in [0.4, 0.5) is 8.78 Å². The van der Waals surface area contributed by atoms with Gasteiger partial charge < -0.3 is 4.55 Å². The van der Waals surface area contributed by atoms with Crippen molar-refractivity contribution >= 4 is 33.1 Å². The van der Waals surface area contributed by atoms with E-state index >= 15 is 0 Å². The molecule has 1 aromatic carbocycles. The molecular formula is C15H20BrF2NO2S. The largest absolute Gasteiger partial charge is 0.598 e. The maximum absolute atomic E-state index is 14.2. The monoisotopic (exact) mass is 395 g/mol. The van der Waals surface area contributed by atoms with Gasteiger partial charge in [0.2, 0.25) is 0 Å². The zero-order valence-electron chi connectivity index (χ0n) is 13.2. The smallest absolute Gasteiger partial charge is 0.140 e. The van der Waals surface area contributed by atoms with Crippen LogP contribution in [0.1, 0.15) is 46.6 Å². The van der Waals surface area contributed by atoms with E-state index in [2.05, 4.69) is 20.7 Å². The van der Waals surface area contributed by atoms with Crippen molar-refractivity contribution in [3.8, 4) is 0 Å². The Kier molecular flexibility index (Phi) is 6.17. The standard InChI is InChI=1S/C15H20BrF2NO2S/c1-9(20)8-15(5,19-22(21)14(2,3)4)10-6-11(16)13(18)7-12(10)17/h6-7,19H,8H2,1-5H3/t15-,22?/m0/s1. The minimum absolute atomic E-state index is 0.0657. The van der Waals surface area contributed by atoms with E-state index in [1.807, 2.05) is 0 Å². The molecule has 1 unspecified atom stereocenters. The number of halogens is 3. The fourth-order valence-corrected chi connectivity index (χ4v) is 3.23. The van der Waals surface area contributed by atoms with Crippen molar-refractivity contribution in [2.45, 2.75) is 51.3 Å². The summed E-state index contributed by atoms with van der Waals surface area (Å²) < 4.78 is 42.3. The molecule has 124 valence electrons. The predicted molar refractivity (Wildman–Crippen MR) is 87.7 cm³/mol. The van der Waals surface area contributed by atoms with E-state index in [-0.39, 0.29) is 22.2 Å². The first-order valence-electron chi connectivity index (χ1n) is 6.71. The molecule has 0 spiro atoms. The molecular weight excluding hydrogens is 376 g/mol. The zero-order chi connectivity index (χ0) is 17.3. The van der Waals surface area contributed by atoms with Gasteiger partial charge >= 0.3 is 0 Å². The van der Waals surface area contributed by atoms with Crippen LogP contribution in [-0.4, -0.2) is 15.1 Å². The van der Waals surface area contributed by atoms with Gasteiger partial charge in [-0.15, -0.1) is 4.72 Å². The molecule has 3 nitrogen and oxygen atoms in total. The van der Waals surface area contributed by atoms with Crippen molar-refractivity contribution in [2.75, 3.05) is 0 Å². The van der Waals surface area contributed by atoms with Crippen molar-refractivity contribution in [1.29, 1.82) is 0 Å². The fourth-order valence-electron chi connectivity index (χ4n) is 1.99. The summed E-state index contributed by atoms with van der Waals surface area (Å²) in [5.74, 6) is -1.72. The van der Waals surface area contributed by atoms with Crippen LogP contribution in [0.15, 0.2) is 16.6 Å². The molecule has 0 fully saturated rings. The van der Waals surface area contributed by atoms with Crippen LogP contribution in [-0.2, 0) is 21.7 Å². The molecule has 0 radical (unpaired) electrons. The van der Waals surface area contributed by atoms with Gasteiger partial charge in [0.15, 0.2) is 0 Å². The molecule has 0 saturated heterocycles. The summed E-state index contributed by atoms with van der Waals surface area (Å²) >= 11 is 1.49.